The summed E-state index contributed by atoms with van der Waals surface area (Å²) in [5.41, 5.74) is 4.71. The fourth-order valence-corrected chi connectivity index (χ4v) is 6.20. The number of ether oxygens (including phenoxy) is 1. The molecule has 0 radical (unpaired) electrons. The number of aromatic nitrogens is 6. The summed E-state index contributed by atoms with van der Waals surface area (Å²) in [4.78, 5) is 25.0. The Hall–Kier alpha value is -4.62. The molecule has 6 aromatic rings. The van der Waals surface area contributed by atoms with Gasteiger partial charge in [0.15, 0.2) is 0 Å². The maximum atomic E-state index is 12.6. The molecular formula is C36H32Cl4F2N6O4. The van der Waals surface area contributed by atoms with E-state index >= 15 is 0 Å². The van der Waals surface area contributed by atoms with Crippen molar-refractivity contribution >= 4 is 46.4 Å². The smallest absolute Gasteiger partial charge is 0.272 e. The van der Waals surface area contributed by atoms with Gasteiger partial charge in [-0.05, 0) is 88.4 Å². The minimum Gasteiger partial charge on any atom is -0.508 e. The first-order valence-corrected chi connectivity index (χ1v) is 17.4. The number of phenolic OH excluding ortho intramolecular Hbond substituents is 1. The molecule has 0 unspecified atom stereocenters. The van der Waals surface area contributed by atoms with E-state index in [0.29, 0.717) is 57.5 Å². The number of hydrogen-bond acceptors (Lipinski definition) is 6. The van der Waals surface area contributed by atoms with Crippen LogP contribution >= 0.6 is 46.4 Å². The Bertz CT molecular complexity index is 2340. The standard InChI is InChI=1S/C19H17Cl2F2N3O2.C17H15Cl2N3O2/c1-3-25-17(12-4-6-13(7-5-12)28-10-16(22)23)15(8-14(20)19(25)27)26-18(21)11(2)9-24-26;1-3-21-15(11-4-6-12(23)7-5-11)14(8-13(18)17(21)24)22-16(19)10(2)9-20-22/h4-9,16H,3,10H2,1-2H3;4-9,23H,3H2,1-2H3. The second kappa shape index (κ2) is 16.4. The van der Waals surface area contributed by atoms with Crippen molar-refractivity contribution in [2.75, 3.05) is 6.61 Å². The summed E-state index contributed by atoms with van der Waals surface area (Å²) in [6.45, 7) is 7.46. The third-order valence-corrected chi connectivity index (χ3v) is 9.40. The molecule has 0 atom stereocenters. The summed E-state index contributed by atoms with van der Waals surface area (Å²) in [5, 5.41) is 19.1. The average molecular weight is 792 g/mol. The summed E-state index contributed by atoms with van der Waals surface area (Å²) >= 11 is 25.0. The molecule has 0 aliphatic carbocycles. The van der Waals surface area contributed by atoms with Crippen LogP contribution in [0.4, 0.5) is 8.78 Å². The fourth-order valence-electron chi connectivity index (χ4n) is 5.43. The average Bonchev–Trinajstić information content (AvgIpc) is 3.65. The van der Waals surface area contributed by atoms with Crippen LogP contribution in [0.25, 0.3) is 33.9 Å². The lowest BCUT2D eigenvalue weighted by Gasteiger charge is -2.18. The van der Waals surface area contributed by atoms with Crippen molar-refractivity contribution in [2.24, 2.45) is 0 Å². The molecule has 16 heteroatoms. The van der Waals surface area contributed by atoms with Crippen molar-refractivity contribution in [3.05, 3.63) is 125 Å². The van der Waals surface area contributed by atoms with Crippen molar-refractivity contribution < 1.29 is 18.6 Å². The highest BCUT2D eigenvalue weighted by Crippen LogP contribution is 2.33. The zero-order chi connectivity index (χ0) is 37.9. The van der Waals surface area contributed by atoms with Gasteiger partial charge in [0.25, 0.3) is 17.5 Å². The third kappa shape index (κ3) is 7.90. The Morgan fingerprint density at radius 2 is 1.12 bits per heavy atom. The number of alkyl halides is 2. The molecule has 0 spiro atoms. The van der Waals surface area contributed by atoms with Gasteiger partial charge in [-0.2, -0.15) is 10.2 Å². The normalized spacial score (nSPS) is 11.1. The second-order valence-corrected chi connectivity index (χ2v) is 12.9. The number of aromatic hydroxyl groups is 1. The largest absolute Gasteiger partial charge is 0.508 e. The van der Waals surface area contributed by atoms with E-state index in [2.05, 4.69) is 10.2 Å². The van der Waals surface area contributed by atoms with Crippen molar-refractivity contribution in [2.45, 2.75) is 47.2 Å². The van der Waals surface area contributed by atoms with E-state index in [1.54, 1.807) is 76.2 Å². The predicted octanol–water partition coefficient (Wildman–Crippen LogP) is 9.02. The van der Waals surface area contributed by atoms with Crippen LogP contribution in [-0.4, -0.2) is 46.8 Å². The van der Waals surface area contributed by atoms with Crippen LogP contribution in [0.15, 0.2) is 82.6 Å². The monoisotopic (exact) mass is 790 g/mol. The number of rotatable bonds is 9. The molecule has 0 aliphatic heterocycles. The topological polar surface area (TPSA) is 109 Å². The molecule has 1 N–H and O–H groups in total. The highest BCUT2D eigenvalue weighted by atomic mass is 35.5. The first-order valence-electron chi connectivity index (χ1n) is 15.9. The summed E-state index contributed by atoms with van der Waals surface area (Å²) in [7, 11) is 0. The Labute approximate surface area is 316 Å². The van der Waals surface area contributed by atoms with Crippen molar-refractivity contribution in [3.8, 4) is 45.4 Å². The van der Waals surface area contributed by atoms with Crippen LogP contribution in [0.5, 0.6) is 11.5 Å². The number of benzene rings is 2. The third-order valence-electron chi connectivity index (χ3n) is 7.94. The summed E-state index contributed by atoms with van der Waals surface area (Å²) in [6, 6.07) is 16.2. The second-order valence-electron chi connectivity index (χ2n) is 11.4. The summed E-state index contributed by atoms with van der Waals surface area (Å²) in [5.74, 6) is 0.450. The number of nitrogens with zero attached hydrogens (tertiary/aromatic N) is 6. The van der Waals surface area contributed by atoms with Gasteiger partial charge >= 0.3 is 0 Å². The van der Waals surface area contributed by atoms with E-state index in [4.69, 9.17) is 51.1 Å². The molecule has 0 fully saturated rings. The zero-order valence-electron chi connectivity index (χ0n) is 28.2. The molecule has 4 heterocycles. The van der Waals surface area contributed by atoms with Gasteiger partial charge in [0.2, 0.25) is 0 Å². The van der Waals surface area contributed by atoms with Gasteiger partial charge in [-0.15, -0.1) is 0 Å². The SMILES string of the molecule is CCn1c(-c2ccc(O)cc2)c(-n2ncc(C)c2Cl)cc(Cl)c1=O.CCn1c(-c2ccc(OCC(F)F)cc2)c(-n2ncc(C)c2Cl)cc(Cl)c1=O. The minimum atomic E-state index is -2.56. The maximum Gasteiger partial charge on any atom is 0.272 e. The molecule has 10 nitrogen and oxygen atoms in total. The first-order chi connectivity index (χ1) is 24.8. The molecule has 2 aromatic carbocycles. The van der Waals surface area contributed by atoms with Crippen LogP contribution in [-0.2, 0) is 13.1 Å². The van der Waals surface area contributed by atoms with Crippen molar-refractivity contribution in [1.82, 2.24) is 28.7 Å². The first kappa shape index (κ1) is 38.6. The number of aryl methyl sites for hydroxylation is 2. The van der Waals surface area contributed by atoms with E-state index in [1.165, 1.54) is 15.3 Å². The van der Waals surface area contributed by atoms with Crippen LogP contribution in [0, 0.1) is 13.8 Å². The molecule has 0 saturated heterocycles. The van der Waals surface area contributed by atoms with Crippen LogP contribution < -0.4 is 15.9 Å². The highest BCUT2D eigenvalue weighted by Gasteiger charge is 2.21. The Morgan fingerprint density at radius 1 is 0.712 bits per heavy atom. The summed E-state index contributed by atoms with van der Waals surface area (Å²) in [6.07, 6.45) is 0.707. The van der Waals surface area contributed by atoms with Crippen molar-refractivity contribution in [1.29, 1.82) is 0 Å². The van der Waals surface area contributed by atoms with E-state index in [1.807, 2.05) is 27.7 Å². The molecular weight excluding hydrogens is 760 g/mol. The van der Waals surface area contributed by atoms with E-state index in [0.717, 1.165) is 16.7 Å². The van der Waals surface area contributed by atoms with Gasteiger partial charge < -0.3 is 19.0 Å². The zero-order valence-corrected chi connectivity index (χ0v) is 31.3. The van der Waals surface area contributed by atoms with E-state index in [9.17, 15) is 23.5 Å². The number of hydrogen-bond donors (Lipinski definition) is 1. The lowest BCUT2D eigenvalue weighted by molar-refractivity contribution is 0.0819. The molecule has 6 rings (SSSR count). The molecule has 0 saturated carbocycles. The van der Waals surface area contributed by atoms with Gasteiger partial charge in [-0.25, -0.2) is 18.1 Å². The fraction of sp³-hybridized carbons (Fsp3) is 0.222. The highest BCUT2D eigenvalue weighted by molar-refractivity contribution is 6.32. The number of pyridine rings is 2. The molecule has 4 aromatic heterocycles. The number of halogens is 6. The summed E-state index contributed by atoms with van der Waals surface area (Å²) < 4.78 is 35.8. The lowest BCUT2D eigenvalue weighted by Crippen LogP contribution is -2.23. The predicted molar refractivity (Wildman–Crippen MR) is 201 cm³/mol. The minimum absolute atomic E-state index is 0.0432. The Morgan fingerprint density at radius 3 is 1.46 bits per heavy atom. The van der Waals surface area contributed by atoms with Crippen molar-refractivity contribution in [3.63, 3.8) is 0 Å². The Kier molecular flexibility index (Phi) is 12.2. The Balaban J connectivity index is 0.000000203. The number of phenols is 1. The van der Waals surface area contributed by atoms with Crippen LogP contribution in [0.3, 0.4) is 0 Å². The van der Waals surface area contributed by atoms with Gasteiger partial charge in [-0.1, -0.05) is 46.4 Å². The van der Waals surface area contributed by atoms with Crippen LogP contribution in [0.2, 0.25) is 20.4 Å². The van der Waals surface area contributed by atoms with E-state index < -0.39 is 13.0 Å². The molecule has 272 valence electrons. The molecule has 52 heavy (non-hydrogen) atoms. The van der Waals surface area contributed by atoms with Crippen LogP contribution in [0.1, 0.15) is 25.0 Å². The van der Waals surface area contributed by atoms with Gasteiger partial charge in [0.1, 0.15) is 38.5 Å². The molecule has 0 aliphatic rings. The quantitative estimate of drug-likeness (QED) is 0.157. The van der Waals surface area contributed by atoms with Gasteiger partial charge in [0.05, 0.1) is 35.2 Å². The molecule has 0 bridgehead atoms. The lowest BCUT2D eigenvalue weighted by atomic mass is 10.1. The van der Waals surface area contributed by atoms with Gasteiger partial charge in [-0.3, -0.25) is 9.59 Å². The van der Waals surface area contributed by atoms with E-state index in [-0.39, 0.29) is 26.9 Å². The molecule has 0 amide bonds. The maximum absolute atomic E-state index is 12.6. The van der Waals surface area contributed by atoms with Gasteiger partial charge in [0, 0.05) is 35.3 Å².